The highest BCUT2D eigenvalue weighted by Crippen LogP contribution is 2.72. The number of nitrogens with one attached hydrogen (secondary N) is 1. The molecule has 8 nitrogen and oxygen atoms in total. The third-order valence-electron chi connectivity index (χ3n) is 10.0. The lowest BCUT2D eigenvalue weighted by molar-refractivity contribution is -0.233. The highest BCUT2D eigenvalue weighted by Gasteiger charge is 2.79. The number of carbonyl (C=O) groups excluding carboxylic acids is 3. The van der Waals surface area contributed by atoms with E-state index in [1.165, 1.54) is 19.1 Å². The molecule has 10 heteroatoms. The van der Waals surface area contributed by atoms with E-state index in [0.29, 0.717) is 6.42 Å². The number of halogens is 2. The van der Waals surface area contributed by atoms with Crippen LogP contribution in [-0.2, 0) is 23.8 Å². The lowest BCUT2D eigenvalue weighted by Gasteiger charge is -2.63. The molecule has 0 spiro atoms. The van der Waals surface area contributed by atoms with Crippen molar-refractivity contribution in [2.24, 2.45) is 22.7 Å². The van der Waals surface area contributed by atoms with Gasteiger partial charge in [0, 0.05) is 16.7 Å². The Morgan fingerprint density at radius 1 is 1.24 bits per heavy atom. The molecule has 5 rings (SSSR count). The van der Waals surface area contributed by atoms with E-state index >= 15 is 8.78 Å². The molecule has 1 aliphatic heterocycles. The quantitative estimate of drug-likeness (QED) is 0.534. The van der Waals surface area contributed by atoms with Gasteiger partial charge in [0.1, 0.15) is 6.17 Å². The number of Topliss-reactive ketones (excluding diaryl/α,β-unsaturated/α-hetero) is 1. The highest BCUT2D eigenvalue weighted by molar-refractivity contribution is 6.01. The van der Waals surface area contributed by atoms with Gasteiger partial charge in [-0.1, -0.05) is 26.3 Å². The van der Waals surface area contributed by atoms with E-state index in [1.807, 2.05) is 6.92 Å². The number of ether oxygens (including phenoxy) is 3. The maximum Gasteiger partial charge on any atom is 0.407 e. The summed E-state index contributed by atoms with van der Waals surface area (Å²) < 4.78 is 50.6. The molecule has 1 saturated heterocycles. The first kappa shape index (κ1) is 27.4. The topological polar surface area (TPSA) is 111 Å². The second kappa shape index (κ2) is 9.20. The smallest absolute Gasteiger partial charge is 0.407 e. The van der Waals surface area contributed by atoms with E-state index in [4.69, 9.17) is 14.2 Å². The third kappa shape index (κ3) is 3.45. The van der Waals surface area contributed by atoms with Crippen LogP contribution >= 0.6 is 0 Å². The van der Waals surface area contributed by atoms with Gasteiger partial charge < -0.3 is 24.6 Å². The van der Waals surface area contributed by atoms with Crippen LogP contribution in [0.3, 0.4) is 0 Å². The summed E-state index contributed by atoms with van der Waals surface area (Å²) >= 11 is 0. The number of alkyl halides is 2. The van der Waals surface area contributed by atoms with Crippen molar-refractivity contribution in [2.45, 2.75) is 95.7 Å². The number of ketones is 2. The van der Waals surface area contributed by atoms with Crippen molar-refractivity contribution < 1.29 is 42.5 Å². The van der Waals surface area contributed by atoms with Crippen molar-refractivity contribution >= 4 is 17.7 Å². The summed E-state index contributed by atoms with van der Waals surface area (Å²) in [6.45, 7) is 6.69. The molecule has 10 atom stereocenters. The molecule has 38 heavy (non-hydrogen) atoms. The van der Waals surface area contributed by atoms with Gasteiger partial charge in [0.05, 0.1) is 25.4 Å². The zero-order chi connectivity index (χ0) is 27.7. The summed E-state index contributed by atoms with van der Waals surface area (Å²) in [5.41, 5.74) is -6.39. The van der Waals surface area contributed by atoms with Crippen LogP contribution in [0.5, 0.6) is 0 Å². The fraction of sp³-hybridized carbons (Fsp3) is 0.750. The normalized spacial score (nSPS) is 46.9. The number of hydrogen-bond acceptors (Lipinski definition) is 7. The Bertz CT molecular complexity index is 1100. The van der Waals surface area contributed by atoms with Crippen LogP contribution in [0, 0.1) is 22.7 Å². The lowest BCUT2D eigenvalue weighted by atomic mass is 9.44. The van der Waals surface area contributed by atoms with E-state index in [9.17, 15) is 19.5 Å². The van der Waals surface area contributed by atoms with Gasteiger partial charge in [-0.05, 0) is 63.2 Å². The number of alkyl carbamates (subject to hydrolysis) is 1. The number of hydrogen-bond donors (Lipinski definition) is 2. The molecular formula is C28H37F2NO7. The average molecular weight is 538 g/mol. The van der Waals surface area contributed by atoms with Crippen LogP contribution in [0.25, 0.3) is 0 Å². The number of carbonyl (C=O) groups is 3. The van der Waals surface area contributed by atoms with Gasteiger partial charge in [0.25, 0.3) is 0 Å². The minimum Gasteiger partial charge on any atom is -0.450 e. The summed E-state index contributed by atoms with van der Waals surface area (Å²) in [5.74, 6) is -2.37. The van der Waals surface area contributed by atoms with Gasteiger partial charge in [0.15, 0.2) is 29.1 Å². The molecule has 0 aromatic rings. The molecule has 1 amide bonds. The summed E-state index contributed by atoms with van der Waals surface area (Å²) in [4.78, 5) is 37.9. The minimum atomic E-state index is -2.27. The third-order valence-corrected chi connectivity index (χ3v) is 10.0. The summed E-state index contributed by atoms with van der Waals surface area (Å²) in [5, 5.41) is 14.0. The Labute approximate surface area is 221 Å². The SMILES string of the molecule is CCCC1O[C@@H]2C[C@H]3[C@@H]4C[C@H](F)C5=CC(=O)C=C[C@]5(C)[C@@]4(F)[C@@H](O)C[C@]3(C)[C@]2(C(=O)CNC(=O)OCC)O1. The Hall–Kier alpha value is -2.17. The highest BCUT2D eigenvalue weighted by atomic mass is 19.1. The molecule has 0 radical (unpaired) electrons. The first-order valence-electron chi connectivity index (χ1n) is 13.6. The van der Waals surface area contributed by atoms with Crippen molar-refractivity contribution in [3.63, 3.8) is 0 Å². The number of aliphatic hydroxyl groups excluding tert-OH is 1. The molecule has 0 aromatic carbocycles. The van der Waals surface area contributed by atoms with E-state index in [1.54, 1.807) is 13.8 Å². The van der Waals surface area contributed by atoms with Gasteiger partial charge in [0.2, 0.25) is 0 Å². The molecule has 4 aliphatic carbocycles. The molecule has 1 unspecified atom stereocenters. The summed E-state index contributed by atoms with van der Waals surface area (Å²) in [7, 11) is 0. The van der Waals surface area contributed by atoms with Crippen LogP contribution in [0.4, 0.5) is 13.6 Å². The largest absolute Gasteiger partial charge is 0.450 e. The van der Waals surface area contributed by atoms with Gasteiger partial charge in [-0.25, -0.2) is 13.6 Å². The fourth-order valence-electron chi connectivity index (χ4n) is 8.35. The molecule has 0 aromatic heterocycles. The maximum atomic E-state index is 17.4. The van der Waals surface area contributed by atoms with Gasteiger partial charge in [-0.3, -0.25) is 9.59 Å². The summed E-state index contributed by atoms with van der Waals surface area (Å²) in [6, 6.07) is 0. The molecule has 0 bridgehead atoms. The molecule has 5 aliphatic rings. The molecule has 3 saturated carbocycles. The van der Waals surface area contributed by atoms with Crippen molar-refractivity contribution in [1.29, 1.82) is 0 Å². The van der Waals surface area contributed by atoms with Crippen LogP contribution in [0.2, 0.25) is 0 Å². The van der Waals surface area contributed by atoms with E-state index < -0.39 is 76.3 Å². The number of aliphatic hydroxyl groups is 1. The Morgan fingerprint density at radius 2 is 1.97 bits per heavy atom. The van der Waals surface area contributed by atoms with Gasteiger partial charge >= 0.3 is 6.09 Å². The van der Waals surface area contributed by atoms with Crippen molar-refractivity contribution in [3.05, 3.63) is 23.8 Å². The van der Waals surface area contributed by atoms with Crippen molar-refractivity contribution in [3.8, 4) is 0 Å². The van der Waals surface area contributed by atoms with E-state index in [-0.39, 0.29) is 38.0 Å². The maximum absolute atomic E-state index is 17.4. The van der Waals surface area contributed by atoms with Crippen molar-refractivity contribution in [2.75, 3.05) is 13.2 Å². The zero-order valence-corrected chi connectivity index (χ0v) is 22.3. The molecule has 2 N–H and O–H groups in total. The van der Waals surface area contributed by atoms with Crippen LogP contribution in [0.15, 0.2) is 23.8 Å². The Balaban J connectivity index is 1.55. The zero-order valence-electron chi connectivity index (χ0n) is 22.3. The fourth-order valence-corrected chi connectivity index (χ4v) is 8.35. The number of amides is 1. The first-order chi connectivity index (χ1) is 17.9. The van der Waals surface area contributed by atoms with Gasteiger partial charge in [-0.15, -0.1) is 0 Å². The second-order valence-corrected chi connectivity index (χ2v) is 11.8. The number of allylic oxidation sites excluding steroid dienone is 4. The molecule has 4 fully saturated rings. The predicted octanol–water partition coefficient (Wildman–Crippen LogP) is 3.51. The van der Waals surface area contributed by atoms with Crippen LogP contribution in [-0.4, -0.2) is 71.9 Å². The number of rotatable bonds is 6. The minimum absolute atomic E-state index is 0.0459. The second-order valence-electron chi connectivity index (χ2n) is 11.8. The molecule has 210 valence electrons. The Morgan fingerprint density at radius 3 is 2.66 bits per heavy atom. The monoisotopic (exact) mass is 537 g/mol. The average Bonchev–Trinajstić information content (AvgIpc) is 3.34. The van der Waals surface area contributed by atoms with Crippen molar-refractivity contribution in [1.82, 2.24) is 5.32 Å². The standard InChI is InChI=1S/C28H37F2NO7/c1-5-7-23-37-22-12-16-17-11-19(29)18-10-15(32)8-9-25(18,3)27(17,30)20(33)13-26(16,4)28(22,38-23)21(34)14-31-24(35)36-6-2/h8-10,16-17,19-20,22-23,33H,5-7,11-14H2,1-4H3,(H,31,35)/t16-,17-,19-,20-,22+,23?,25-,26-,27-,28+/m0/s1. The van der Waals surface area contributed by atoms with E-state index in [0.717, 1.165) is 12.5 Å². The summed E-state index contributed by atoms with van der Waals surface area (Å²) in [6.07, 6.45) is -0.364. The molecule has 1 heterocycles. The molecular weight excluding hydrogens is 500 g/mol. The Kier molecular flexibility index (Phi) is 6.63. The van der Waals surface area contributed by atoms with Crippen LogP contribution in [0.1, 0.15) is 59.8 Å². The number of fused-ring (bicyclic) bond motifs is 7. The van der Waals surface area contributed by atoms with Gasteiger partial charge in [-0.2, -0.15) is 0 Å². The van der Waals surface area contributed by atoms with E-state index in [2.05, 4.69) is 5.32 Å². The lowest BCUT2D eigenvalue weighted by Crippen LogP contribution is -2.71. The first-order valence-corrected chi connectivity index (χ1v) is 13.6. The van der Waals surface area contributed by atoms with Crippen LogP contribution < -0.4 is 5.32 Å². The predicted molar refractivity (Wildman–Crippen MR) is 131 cm³/mol.